The first-order valence-electron chi connectivity index (χ1n) is 3.09. The predicted octanol–water partition coefficient (Wildman–Crippen LogP) is -0.709. The fourth-order valence-electron chi connectivity index (χ4n) is 0.463. The summed E-state index contributed by atoms with van der Waals surface area (Å²) in [7, 11) is 1.18. The number of methoxy groups -OCH3 is 1. The van der Waals surface area contributed by atoms with Gasteiger partial charge in [0.15, 0.2) is 0 Å². The van der Waals surface area contributed by atoms with Crippen molar-refractivity contribution in [2.24, 2.45) is 0 Å². The minimum absolute atomic E-state index is 0.446. The van der Waals surface area contributed by atoms with Crippen LogP contribution in [0.2, 0.25) is 0 Å². The van der Waals surface area contributed by atoms with Crippen LogP contribution < -0.4 is 5.32 Å². The molecule has 0 aliphatic rings. The summed E-state index contributed by atoms with van der Waals surface area (Å²) in [4.78, 5) is 20.6. The third-order valence-electron chi connectivity index (χ3n) is 1.14. The van der Waals surface area contributed by atoms with Crippen molar-refractivity contribution in [3.05, 3.63) is 0 Å². The van der Waals surface area contributed by atoms with Gasteiger partial charge in [-0.1, -0.05) is 0 Å². The Bertz CT molecular complexity index is 146. The quantitative estimate of drug-likeness (QED) is 0.536. The van der Waals surface area contributed by atoms with E-state index < -0.39 is 18.2 Å². The summed E-state index contributed by atoms with van der Waals surface area (Å²) in [5.41, 5.74) is 0. The molecule has 0 aromatic carbocycles. The van der Waals surface area contributed by atoms with Crippen LogP contribution in [0.5, 0.6) is 0 Å². The van der Waals surface area contributed by atoms with Gasteiger partial charge in [-0.25, -0.2) is 4.79 Å². The summed E-state index contributed by atoms with van der Waals surface area (Å²) >= 11 is 0. The van der Waals surface area contributed by atoms with Gasteiger partial charge in [-0.05, 0) is 6.92 Å². The average Bonchev–Trinajstić information content (AvgIpc) is 1.99. The molecule has 5 heteroatoms. The third-order valence-corrected chi connectivity index (χ3v) is 1.14. The molecule has 0 heterocycles. The molecule has 0 saturated carbocycles. The molecule has 0 rings (SSSR count). The maximum absolute atomic E-state index is 10.5. The number of hydrogen-bond acceptors (Lipinski definition) is 4. The number of carbonyl (C=O) groups is 2. The molecule has 0 unspecified atom stereocenters. The van der Waals surface area contributed by atoms with Crippen LogP contribution in [0.4, 0.5) is 4.79 Å². The molecule has 0 saturated heterocycles. The molecular weight excluding hydrogens is 150 g/mol. The van der Waals surface area contributed by atoms with Crippen LogP contribution in [-0.4, -0.2) is 36.7 Å². The average molecular weight is 161 g/mol. The van der Waals surface area contributed by atoms with Crippen LogP contribution in [0.25, 0.3) is 0 Å². The van der Waals surface area contributed by atoms with Gasteiger partial charge in [0.2, 0.25) is 0 Å². The van der Waals surface area contributed by atoms with Crippen molar-refractivity contribution in [1.29, 1.82) is 0 Å². The molecule has 1 amide bonds. The Morgan fingerprint density at radius 2 is 2.27 bits per heavy atom. The number of carbonyl (C=O) groups excluding carboxylic acids is 2. The summed E-state index contributed by atoms with van der Waals surface area (Å²) in [6.45, 7) is 1.40. The Morgan fingerprint density at radius 1 is 1.73 bits per heavy atom. The second kappa shape index (κ2) is 4.68. The van der Waals surface area contributed by atoms with Gasteiger partial charge >= 0.3 is 6.09 Å². The van der Waals surface area contributed by atoms with Crippen molar-refractivity contribution in [3.63, 3.8) is 0 Å². The zero-order valence-corrected chi connectivity index (χ0v) is 6.40. The predicted molar refractivity (Wildman–Crippen MR) is 37.1 cm³/mol. The highest BCUT2D eigenvalue weighted by Gasteiger charge is 2.15. The number of aldehydes is 1. The molecule has 0 aromatic heterocycles. The van der Waals surface area contributed by atoms with Gasteiger partial charge in [0.05, 0.1) is 13.2 Å². The minimum Gasteiger partial charge on any atom is -0.453 e. The molecule has 64 valence electrons. The number of rotatable bonds is 3. The second-order valence-electron chi connectivity index (χ2n) is 2.04. The zero-order chi connectivity index (χ0) is 8.85. The van der Waals surface area contributed by atoms with Crippen molar-refractivity contribution in [1.82, 2.24) is 5.32 Å². The topological polar surface area (TPSA) is 75.6 Å². The van der Waals surface area contributed by atoms with Gasteiger partial charge in [-0.15, -0.1) is 0 Å². The number of nitrogens with one attached hydrogen (secondary N) is 1. The largest absolute Gasteiger partial charge is 0.453 e. The number of hydrogen-bond donors (Lipinski definition) is 2. The molecule has 11 heavy (non-hydrogen) atoms. The van der Waals surface area contributed by atoms with Gasteiger partial charge in [0, 0.05) is 0 Å². The van der Waals surface area contributed by atoms with E-state index in [1.807, 2.05) is 0 Å². The summed E-state index contributed by atoms with van der Waals surface area (Å²) in [6.07, 6.45) is -1.20. The molecule has 0 aromatic rings. The molecule has 0 radical (unpaired) electrons. The highest BCUT2D eigenvalue weighted by atomic mass is 16.5. The summed E-state index contributed by atoms with van der Waals surface area (Å²) < 4.78 is 4.21. The summed E-state index contributed by atoms with van der Waals surface area (Å²) in [5, 5.41) is 11.0. The van der Waals surface area contributed by atoms with E-state index in [4.69, 9.17) is 5.11 Å². The molecule has 0 bridgehead atoms. The summed E-state index contributed by atoms with van der Waals surface area (Å²) in [5.74, 6) is 0. The van der Waals surface area contributed by atoms with Gasteiger partial charge in [0.1, 0.15) is 12.3 Å². The molecule has 0 fully saturated rings. The first-order valence-corrected chi connectivity index (χ1v) is 3.09. The van der Waals surface area contributed by atoms with Gasteiger partial charge in [-0.2, -0.15) is 0 Å². The zero-order valence-electron chi connectivity index (χ0n) is 6.40. The van der Waals surface area contributed by atoms with E-state index in [2.05, 4.69) is 10.1 Å². The van der Waals surface area contributed by atoms with Crippen LogP contribution in [0.3, 0.4) is 0 Å². The van der Waals surface area contributed by atoms with E-state index in [9.17, 15) is 9.59 Å². The van der Waals surface area contributed by atoms with Crippen molar-refractivity contribution in [3.8, 4) is 0 Å². The van der Waals surface area contributed by atoms with E-state index in [-0.39, 0.29) is 0 Å². The number of amides is 1. The first kappa shape index (κ1) is 9.90. The smallest absolute Gasteiger partial charge is 0.407 e. The number of ether oxygens (including phenoxy) is 1. The number of alkyl carbamates (subject to hydrolysis) is 1. The normalized spacial score (nSPS) is 14.8. The highest BCUT2D eigenvalue weighted by molar-refractivity contribution is 5.73. The Kier molecular flexibility index (Phi) is 4.21. The molecule has 5 nitrogen and oxygen atoms in total. The third kappa shape index (κ3) is 3.57. The van der Waals surface area contributed by atoms with E-state index in [0.717, 1.165) is 0 Å². The van der Waals surface area contributed by atoms with Crippen LogP contribution in [0, 0.1) is 0 Å². The molecule has 0 spiro atoms. The van der Waals surface area contributed by atoms with Crippen molar-refractivity contribution < 1.29 is 19.4 Å². The maximum Gasteiger partial charge on any atom is 0.407 e. The van der Waals surface area contributed by atoms with Gasteiger partial charge in [-0.3, -0.25) is 0 Å². The lowest BCUT2D eigenvalue weighted by molar-refractivity contribution is -0.111. The summed E-state index contributed by atoms with van der Waals surface area (Å²) in [6, 6.07) is -0.901. The molecule has 2 atom stereocenters. The van der Waals surface area contributed by atoms with E-state index >= 15 is 0 Å². The van der Waals surface area contributed by atoms with E-state index in [0.29, 0.717) is 6.29 Å². The molecule has 0 aliphatic carbocycles. The van der Waals surface area contributed by atoms with Crippen LogP contribution >= 0.6 is 0 Å². The molecule has 2 N–H and O–H groups in total. The Labute approximate surface area is 64.3 Å². The minimum atomic E-state index is -0.911. The van der Waals surface area contributed by atoms with Crippen molar-refractivity contribution in [2.75, 3.05) is 7.11 Å². The van der Waals surface area contributed by atoms with E-state index in [1.165, 1.54) is 14.0 Å². The SMILES string of the molecule is COC(=O)N[C@@H](C=O)[C@@H](C)O. The molecular formula is C6H11NO4. The highest BCUT2D eigenvalue weighted by Crippen LogP contribution is 1.88. The van der Waals surface area contributed by atoms with Gasteiger partial charge in [0.25, 0.3) is 0 Å². The lowest BCUT2D eigenvalue weighted by atomic mass is 10.2. The lowest BCUT2D eigenvalue weighted by Gasteiger charge is -2.13. The number of aliphatic hydroxyl groups excluding tert-OH is 1. The second-order valence-corrected chi connectivity index (χ2v) is 2.04. The first-order chi connectivity index (χ1) is 5.11. The van der Waals surface area contributed by atoms with Crippen molar-refractivity contribution >= 4 is 12.4 Å². The maximum atomic E-state index is 10.5. The van der Waals surface area contributed by atoms with Crippen LogP contribution in [0.15, 0.2) is 0 Å². The van der Waals surface area contributed by atoms with Crippen LogP contribution in [0.1, 0.15) is 6.92 Å². The van der Waals surface area contributed by atoms with Gasteiger partial charge < -0.3 is 20.0 Å². The standard InChI is InChI=1S/C6H11NO4/c1-4(9)5(3-8)7-6(10)11-2/h3-5,9H,1-2H3,(H,7,10)/t4-,5+/m1/s1. The molecule has 0 aliphatic heterocycles. The number of aliphatic hydroxyl groups is 1. The van der Waals surface area contributed by atoms with Crippen LogP contribution in [-0.2, 0) is 9.53 Å². The fraction of sp³-hybridized carbons (Fsp3) is 0.667. The fourth-order valence-corrected chi connectivity index (χ4v) is 0.463. The lowest BCUT2D eigenvalue weighted by Crippen LogP contribution is -2.43. The Hall–Kier alpha value is -1.10. The van der Waals surface area contributed by atoms with Crippen molar-refractivity contribution in [2.45, 2.75) is 19.1 Å². The van der Waals surface area contributed by atoms with E-state index in [1.54, 1.807) is 0 Å². The monoisotopic (exact) mass is 161 g/mol. The Morgan fingerprint density at radius 3 is 2.55 bits per heavy atom. The Balaban J connectivity index is 3.87.